The SMILES string of the molecule is Cc1cc(C(=O)NCCCCC(N)=O)ccc1C#CCO. The highest BCUT2D eigenvalue weighted by Gasteiger charge is 2.06. The number of amides is 2. The molecule has 0 bridgehead atoms. The summed E-state index contributed by atoms with van der Waals surface area (Å²) in [5.74, 6) is 4.93. The van der Waals surface area contributed by atoms with Crippen LogP contribution in [0.1, 0.15) is 40.7 Å². The van der Waals surface area contributed by atoms with Crippen molar-refractivity contribution in [1.82, 2.24) is 5.32 Å². The van der Waals surface area contributed by atoms with Crippen molar-refractivity contribution in [1.29, 1.82) is 0 Å². The van der Waals surface area contributed by atoms with Gasteiger partial charge in [-0.1, -0.05) is 11.8 Å². The number of nitrogens with two attached hydrogens (primary N) is 1. The van der Waals surface area contributed by atoms with Crippen LogP contribution in [0.15, 0.2) is 18.2 Å². The number of carbonyl (C=O) groups is 2. The van der Waals surface area contributed by atoms with E-state index in [0.29, 0.717) is 31.4 Å². The fourth-order valence-electron chi connectivity index (χ4n) is 1.81. The van der Waals surface area contributed by atoms with Crippen molar-refractivity contribution in [2.75, 3.05) is 13.2 Å². The predicted octanol–water partition coefficient (Wildman–Crippen LogP) is 0.724. The topological polar surface area (TPSA) is 92.4 Å². The van der Waals surface area contributed by atoms with Crippen molar-refractivity contribution in [3.63, 3.8) is 0 Å². The number of hydrogen-bond donors (Lipinski definition) is 3. The van der Waals surface area contributed by atoms with E-state index in [0.717, 1.165) is 11.1 Å². The summed E-state index contributed by atoms with van der Waals surface area (Å²) >= 11 is 0. The molecule has 0 fully saturated rings. The molecule has 0 radical (unpaired) electrons. The van der Waals surface area contributed by atoms with Gasteiger partial charge in [0.2, 0.25) is 5.91 Å². The first kappa shape index (κ1) is 16.7. The lowest BCUT2D eigenvalue weighted by Gasteiger charge is -2.06. The Bertz CT molecular complexity index is 571. The highest BCUT2D eigenvalue weighted by atomic mass is 16.2. The average Bonchev–Trinajstić information content (AvgIpc) is 2.45. The zero-order valence-electron chi connectivity index (χ0n) is 12.1. The molecule has 0 aromatic heterocycles. The maximum Gasteiger partial charge on any atom is 0.251 e. The van der Waals surface area contributed by atoms with Crippen LogP contribution in [0.2, 0.25) is 0 Å². The standard InChI is InChI=1S/C16H20N2O3/c1-12-11-14(8-7-13(12)5-4-10-19)16(21)18-9-3-2-6-15(17)20/h7-8,11,19H,2-3,6,9-10H2,1H3,(H2,17,20)(H,18,21). The minimum Gasteiger partial charge on any atom is -0.384 e. The van der Waals surface area contributed by atoms with Crippen molar-refractivity contribution >= 4 is 11.8 Å². The van der Waals surface area contributed by atoms with Gasteiger partial charge in [-0.05, 0) is 43.5 Å². The number of benzene rings is 1. The van der Waals surface area contributed by atoms with Gasteiger partial charge in [-0.15, -0.1) is 0 Å². The Labute approximate surface area is 124 Å². The molecule has 0 aliphatic rings. The normalized spacial score (nSPS) is 9.62. The summed E-state index contributed by atoms with van der Waals surface area (Å²) in [7, 11) is 0. The van der Waals surface area contributed by atoms with Gasteiger partial charge in [0.25, 0.3) is 5.91 Å². The molecule has 1 aromatic carbocycles. The molecule has 0 saturated carbocycles. The number of nitrogens with one attached hydrogen (secondary N) is 1. The second-order valence-corrected chi connectivity index (χ2v) is 4.67. The number of unbranched alkanes of at least 4 members (excludes halogenated alkanes) is 1. The number of rotatable bonds is 6. The molecule has 0 aliphatic carbocycles. The zero-order valence-corrected chi connectivity index (χ0v) is 12.1. The van der Waals surface area contributed by atoms with Crippen LogP contribution in [0.3, 0.4) is 0 Å². The second kappa shape index (κ2) is 8.77. The van der Waals surface area contributed by atoms with Crippen molar-refractivity contribution in [2.45, 2.75) is 26.2 Å². The Morgan fingerprint density at radius 2 is 2.10 bits per heavy atom. The predicted molar refractivity (Wildman–Crippen MR) is 80.5 cm³/mol. The molecular weight excluding hydrogens is 268 g/mol. The summed E-state index contributed by atoms with van der Waals surface area (Å²) in [5.41, 5.74) is 7.28. The lowest BCUT2D eigenvalue weighted by atomic mass is 10.0. The average molecular weight is 288 g/mol. The molecule has 1 rings (SSSR count). The van der Waals surface area contributed by atoms with Crippen LogP contribution < -0.4 is 11.1 Å². The fraction of sp³-hybridized carbons (Fsp3) is 0.375. The van der Waals surface area contributed by atoms with Crippen molar-refractivity contribution in [2.24, 2.45) is 5.73 Å². The van der Waals surface area contributed by atoms with E-state index < -0.39 is 0 Å². The Hall–Kier alpha value is -2.32. The van der Waals surface area contributed by atoms with Gasteiger partial charge in [0.1, 0.15) is 6.61 Å². The van der Waals surface area contributed by atoms with Crippen LogP contribution in [-0.4, -0.2) is 30.1 Å². The molecule has 0 heterocycles. The maximum absolute atomic E-state index is 11.9. The lowest BCUT2D eigenvalue weighted by molar-refractivity contribution is -0.118. The molecular formula is C16H20N2O3. The van der Waals surface area contributed by atoms with E-state index in [2.05, 4.69) is 17.2 Å². The van der Waals surface area contributed by atoms with Gasteiger partial charge in [-0.3, -0.25) is 9.59 Å². The molecule has 2 amide bonds. The molecule has 0 unspecified atom stereocenters. The minimum atomic E-state index is -0.323. The first-order valence-corrected chi connectivity index (χ1v) is 6.81. The number of aliphatic hydroxyl groups is 1. The monoisotopic (exact) mass is 288 g/mol. The summed E-state index contributed by atoms with van der Waals surface area (Å²) in [6.45, 7) is 2.19. The van der Waals surface area contributed by atoms with Gasteiger partial charge in [0.05, 0.1) is 0 Å². The molecule has 0 saturated heterocycles. The molecule has 0 atom stereocenters. The first-order chi connectivity index (χ1) is 10.0. The lowest BCUT2D eigenvalue weighted by Crippen LogP contribution is -2.24. The van der Waals surface area contributed by atoms with Crippen LogP contribution in [0, 0.1) is 18.8 Å². The van der Waals surface area contributed by atoms with Gasteiger partial charge < -0.3 is 16.2 Å². The van der Waals surface area contributed by atoms with Crippen molar-refractivity contribution in [3.05, 3.63) is 34.9 Å². The van der Waals surface area contributed by atoms with E-state index >= 15 is 0 Å². The Kier molecular flexibility index (Phi) is 6.99. The van der Waals surface area contributed by atoms with E-state index in [1.807, 2.05) is 6.92 Å². The Balaban J connectivity index is 2.51. The molecule has 21 heavy (non-hydrogen) atoms. The third-order valence-electron chi connectivity index (χ3n) is 2.93. The van der Waals surface area contributed by atoms with Crippen LogP contribution in [0.25, 0.3) is 0 Å². The molecule has 1 aromatic rings. The van der Waals surface area contributed by atoms with Crippen LogP contribution in [-0.2, 0) is 4.79 Å². The minimum absolute atomic E-state index is 0.154. The molecule has 4 N–H and O–H groups in total. The highest BCUT2D eigenvalue weighted by molar-refractivity contribution is 5.94. The third kappa shape index (κ3) is 6.11. The number of primary amides is 1. The van der Waals surface area contributed by atoms with Gasteiger partial charge >= 0.3 is 0 Å². The summed E-state index contributed by atoms with van der Waals surface area (Å²) in [4.78, 5) is 22.5. The van der Waals surface area contributed by atoms with Gasteiger partial charge in [-0.2, -0.15) is 0 Å². The molecule has 5 nitrogen and oxygen atoms in total. The van der Waals surface area contributed by atoms with E-state index in [1.54, 1.807) is 18.2 Å². The van der Waals surface area contributed by atoms with Gasteiger partial charge in [0, 0.05) is 24.1 Å². The number of hydrogen-bond acceptors (Lipinski definition) is 3. The van der Waals surface area contributed by atoms with E-state index in [-0.39, 0.29) is 18.4 Å². The van der Waals surface area contributed by atoms with E-state index in [9.17, 15) is 9.59 Å². The van der Waals surface area contributed by atoms with E-state index in [1.165, 1.54) is 0 Å². The number of aliphatic hydroxyl groups excluding tert-OH is 1. The highest BCUT2D eigenvalue weighted by Crippen LogP contribution is 2.10. The molecule has 0 aliphatic heterocycles. The number of carbonyl (C=O) groups excluding carboxylic acids is 2. The van der Waals surface area contributed by atoms with Crippen molar-refractivity contribution < 1.29 is 14.7 Å². The molecule has 5 heteroatoms. The van der Waals surface area contributed by atoms with Crippen LogP contribution >= 0.6 is 0 Å². The van der Waals surface area contributed by atoms with E-state index in [4.69, 9.17) is 10.8 Å². The third-order valence-corrected chi connectivity index (χ3v) is 2.93. The second-order valence-electron chi connectivity index (χ2n) is 4.67. The zero-order chi connectivity index (χ0) is 15.7. The van der Waals surface area contributed by atoms with Crippen molar-refractivity contribution in [3.8, 4) is 11.8 Å². The summed E-state index contributed by atoms with van der Waals surface area (Å²) < 4.78 is 0. The number of aryl methyl sites for hydroxylation is 1. The molecule has 0 spiro atoms. The van der Waals surface area contributed by atoms with Crippen LogP contribution in [0.5, 0.6) is 0 Å². The van der Waals surface area contributed by atoms with Gasteiger partial charge in [0.15, 0.2) is 0 Å². The largest absolute Gasteiger partial charge is 0.384 e. The Morgan fingerprint density at radius 3 is 2.71 bits per heavy atom. The van der Waals surface area contributed by atoms with Crippen LogP contribution in [0.4, 0.5) is 0 Å². The maximum atomic E-state index is 11.9. The quantitative estimate of drug-likeness (QED) is 0.532. The molecule has 112 valence electrons. The fourth-order valence-corrected chi connectivity index (χ4v) is 1.81. The summed E-state index contributed by atoms with van der Waals surface area (Å²) in [5, 5.41) is 11.5. The Morgan fingerprint density at radius 1 is 1.33 bits per heavy atom. The van der Waals surface area contributed by atoms with Gasteiger partial charge in [-0.25, -0.2) is 0 Å². The summed E-state index contributed by atoms with van der Waals surface area (Å²) in [6, 6.07) is 5.23. The summed E-state index contributed by atoms with van der Waals surface area (Å²) in [6.07, 6.45) is 1.73. The first-order valence-electron chi connectivity index (χ1n) is 6.81. The smallest absolute Gasteiger partial charge is 0.251 e.